The average molecular weight is 290 g/mol. The fourth-order valence-electron chi connectivity index (χ4n) is 2.60. The second-order valence-electron chi connectivity index (χ2n) is 5.95. The lowest BCUT2D eigenvalue weighted by Gasteiger charge is -2.37. The van der Waals surface area contributed by atoms with Crippen molar-refractivity contribution < 1.29 is 9.53 Å². The number of aryl methyl sites for hydroxylation is 1. The van der Waals surface area contributed by atoms with Crippen LogP contribution < -0.4 is 4.90 Å². The van der Waals surface area contributed by atoms with Crippen LogP contribution in [0.5, 0.6) is 0 Å². The minimum Gasteiger partial charge on any atom is -0.369 e. The Kier molecular flexibility index (Phi) is 5.23. The number of benzene rings is 1. The molecule has 1 aromatic carbocycles. The van der Waals surface area contributed by atoms with E-state index < -0.39 is 0 Å². The van der Waals surface area contributed by atoms with Gasteiger partial charge in [-0.3, -0.25) is 4.79 Å². The summed E-state index contributed by atoms with van der Waals surface area (Å²) in [5, 5.41) is 0. The van der Waals surface area contributed by atoms with Crippen LogP contribution in [0.15, 0.2) is 18.2 Å². The molecule has 1 amide bonds. The molecule has 0 atom stereocenters. The van der Waals surface area contributed by atoms with E-state index in [1.165, 1.54) is 16.8 Å². The van der Waals surface area contributed by atoms with E-state index in [9.17, 15) is 4.79 Å². The number of amides is 1. The van der Waals surface area contributed by atoms with Gasteiger partial charge in [0.25, 0.3) is 0 Å². The number of carbonyl (C=O) groups excluding carboxylic acids is 1. The normalized spacial score (nSPS) is 15.7. The van der Waals surface area contributed by atoms with Crippen LogP contribution in [-0.4, -0.2) is 49.7 Å². The molecule has 0 unspecified atom stereocenters. The van der Waals surface area contributed by atoms with E-state index in [1.54, 1.807) is 0 Å². The van der Waals surface area contributed by atoms with Crippen molar-refractivity contribution in [2.75, 3.05) is 37.7 Å². The van der Waals surface area contributed by atoms with E-state index in [0.717, 1.165) is 26.2 Å². The van der Waals surface area contributed by atoms with Crippen LogP contribution in [0.4, 0.5) is 5.69 Å². The molecule has 1 aliphatic rings. The largest absolute Gasteiger partial charge is 0.369 e. The van der Waals surface area contributed by atoms with Crippen molar-refractivity contribution in [1.82, 2.24) is 4.90 Å². The molecule has 1 heterocycles. The molecule has 0 spiro atoms. The van der Waals surface area contributed by atoms with Gasteiger partial charge in [0, 0.05) is 31.9 Å². The number of ether oxygens (including phenoxy) is 1. The second kappa shape index (κ2) is 6.94. The molecule has 4 heteroatoms. The Morgan fingerprint density at radius 1 is 1.19 bits per heavy atom. The number of carbonyl (C=O) groups is 1. The lowest BCUT2D eigenvalue weighted by molar-refractivity contribution is -0.137. The number of piperazine rings is 1. The molecule has 0 radical (unpaired) electrons. The SMILES string of the molecule is Cc1cccc(N2CCN(C(=O)COC(C)C)CC2)c1C. The standard InChI is InChI=1S/C17H26N2O2/c1-13(2)21-12-17(20)19-10-8-18(9-11-19)16-7-5-6-14(3)15(16)4/h5-7,13H,8-12H2,1-4H3. The summed E-state index contributed by atoms with van der Waals surface area (Å²) in [6, 6.07) is 6.41. The van der Waals surface area contributed by atoms with Gasteiger partial charge in [0.1, 0.15) is 6.61 Å². The van der Waals surface area contributed by atoms with Crippen LogP contribution in [0.2, 0.25) is 0 Å². The molecule has 2 rings (SSSR count). The maximum absolute atomic E-state index is 12.0. The summed E-state index contributed by atoms with van der Waals surface area (Å²) in [5.74, 6) is 0.101. The molecule has 1 aromatic rings. The molecular weight excluding hydrogens is 264 g/mol. The lowest BCUT2D eigenvalue weighted by Crippen LogP contribution is -2.50. The number of hydrogen-bond donors (Lipinski definition) is 0. The van der Waals surface area contributed by atoms with Crippen LogP contribution in [-0.2, 0) is 9.53 Å². The minimum absolute atomic E-state index is 0.101. The van der Waals surface area contributed by atoms with E-state index in [0.29, 0.717) is 0 Å². The van der Waals surface area contributed by atoms with E-state index in [1.807, 2.05) is 18.7 Å². The van der Waals surface area contributed by atoms with Gasteiger partial charge in [0.2, 0.25) is 5.91 Å². The smallest absolute Gasteiger partial charge is 0.248 e. The third kappa shape index (κ3) is 3.97. The Morgan fingerprint density at radius 2 is 1.86 bits per heavy atom. The van der Waals surface area contributed by atoms with Crippen molar-refractivity contribution in [3.8, 4) is 0 Å². The van der Waals surface area contributed by atoms with Crippen molar-refractivity contribution in [2.45, 2.75) is 33.8 Å². The summed E-state index contributed by atoms with van der Waals surface area (Å²) in [6.07, 6.45) is 0.102. The highest BCUT2D eigenvalue weighted by Gasteiger charge is 2.22. The summed E-state index contributed by atoms with van der Waals surface area (Å²) in [7, 11) is 0. The fourth-order valence-corrected chi connectivity index (χ4v) is 2.60. The quantitative estimate of drug-likeness (QED) is 0.853. The van der Waals surface area contributed by atoms with Gasteiger partial charge in [-0.15, -0.1) is 0 Å². The zero-order chi connectivity index (χ0) is 15.4. The second-order valence-corrected chi connectivity index (χ2v) is 5.95. The third-order valence-electron chi connectivity index (χ3n) is 4.09. The zero-order valence-corrected chi connectivity index (χ0v) is 13.6. The first-order chi connectivity index (χ1) is 9.99. The van der Waals surface area contributed by atoms with Crippen molar-refractivity contribution in [2.24, 2.45) is 0 Å². The van der Waals surface area contributed by atoms with Gasteiger partial charge in [0.05, 0.1) is 6.10 Å². The fraction of sp³-hybridized carbons (Fsp3) is 0.588. The van der Waals surface area contributed by atoms with Crippen LogP contribution >= 0.6 is 0 Å². The van der Waals surface area contributed by atoms with Gasteiger partial charge in [-0.2, -0.15) is 0 Å². The monoisotopic (exact) mass is 290 g/mol. The maximum Gasteiger partial charge on any atom is 0.248 e. The Hall–Kier alpha value is -1.55. The van der Waals surface area contributed by atoms with E-state index in [2.05, 4.69) is 36.9 Å². The number of anilines is 1. The molecule has 116 valence electrons. The van der Waals surface area contributed by atoms with Gasteiger partial charge in [0.15, 0.2) is 0 Å². The van der Waals surface area contributed by atoms with E-state index >= 15 is 0 Å². The molecule has 4 nitrogen and oxygen atoms in total. The van der Waals surface area contributed by atoms with Gasteiger partial charge in [-0.1, -0.05) is 12.1 Å². The molecule has 21 heavy (non-hydrogen) atoms. The Morgan fingerprint density at radius 3 is 2.48 bits per heavy atom. The van der Waals surface area contributed by atoms with Gasteiger partial charge in [-0.25, -0.2) is 0 Å². The molecule has 1 fully saturated rings. The first-order valence-corrected chi connectivity index (χ1v) is 7.69. The predicted octanol–water partition coefficient (Wildman–Crippen LogP) is 2.38. The number of nitrogens with zero attached hydrogens (tertiary/aromatic N) is 2. The summed E-state index contributed by atoms with van der Waals surface area (Å²) in [5.41, 5.74) is 3.94. The summed E-state index contributed by atoms with van der Waals surface area (Å²) in [6.45, 7) is 11.7. The Balaban J connectivity index is 1.91. The first kappa shape index (κ1) is 15.8. The summed E-state index contributed by atoms with van der Waals surface area (Å²) >= 11 is 0. The molecule has 1 saturated heterocycles. The lowest BCUT2D eigenvalue weighted by atomic mass is 10.1. The van der Waals surface area contributed by atoms with Crippen molar-refractivity contribution in [1.29, 1.82) is 0 Å². The molecule has 0 N–H and O–H groups in total. The van der Waals surface area contributed by atoms with Crippen molar-refractivity contribution in [3.05, 3.63) is 29.3 Å². The van der Waals surface area contributed by atoms with Crippen LogP contribution in [0, 0.1) is 13.8 Å². The average Bonchev–Trinajstić information content (AvgIpc) is 2.48. The summed E-state index contributed by atoms with van der Waals surface area (Å²) < 4.78 is 5.40. The third-order valence-corrected chi connectivity index (χ3v) is 4.09. The van der Waals surface area contributed by atoms with E-state index in [-0.39, 0.29) is 18.6 Å². The minimum atomic E-state index is 0.101. The van der Waals surface area contributed by atoms with Crippen molar-refractivity contribution >= 4 is 11.6 Å². The zero-order valence-electron chi connectivity index (χ0n) is 13.6. The molecule has 1 aliphatic heterocycles. The van der Waals surface area contributed by atoms with Crippen molar-refractivity contribution in [3.63, 3.8) is 0 Å². The Bertz CT molecular complexity index is 492. The molecule has 0 saturated carbocycles. The predicted molar refractivity (Wildman–Crippen MR) is 85.8 cm³/mol. The maximum atomic E-state index is 12.0. The molecule has 0 aromatic heterocycles. The molecular formula is C17H26N2O2. The highest BCUT2D eigenvalue weighted by atomic mass is 16.5. The van der Waals surface area contributed by atoms with Crippen LogP contribution in [0.1, 0.15) is 25.0 Å². The van der Waals surface area contributed by atoms with Gasteiger partial charge in [-0.05, 0) is 44.9 Å². The van der Waals surface area contributed by atoms with Crippen LogP contribution in [0.25, 0.3) is 0 Å². The summed E-state index contributed by atoms with van der Waals surface area (Å²) in [4.78, 5) is 16.3. The number of hydrogen-bond acceptors (Lipinski definition) is 3. The first-order valence-electron chi connectivity index (χ1n) is 7.69. The molecule has 0 bridgehead atoms. The molecule has 0 aliphatic carbocycles. The van der Waals surface area contributed by atoms with Crippen LogP contribution in [0.3, 0.4) is 0 Å². The van der Waals surface area contributed by atoms with E-state index in [4.69, 9.17) is 4.74 Å². The Labute approximate surface area is 127 Å². The highest BCUT2D eigenvalue weighted by molar-refractivity contribution is 5.77. The highest BCUT2D eigenvalue weighted by Crippen LogP contribution is 2.23. The van der Waals surface area contributed by atoms with Gasteiger partial charge < -0.3 is 14.5 Å². The number of rotatable bonds is 4. The topological polar surface area (TPSA) is 32.8 Å². The van der Waals surface area contributed by atoms with Gasteiger partial charge >= 0.3 is 0 Å².